The summed E-state index contributed by atoms with van der Waals surface area (Å²) in [5.74, 6) is -0.709. The van der Waals surface area contributed by atoms with Gasteiger partial charge in [-0.3, -0.25) is 4.79 Å². The van der Waals surface area contributed by atoms with Crippen molar-refractivity contribution in [3.05, 3.63) is 35.4 Å². The Balaban J connectivity index is 1.51. The third-order valence-electron chi connectivity index (χ3n) is 4.46. The highest BCUT2D eigenvalue weighted by Crippen LogP contribution is 2.31. The molecule has 1 aromatic rings. The molecule has 0 atom stereocenters. The largest absolute Gasteiger partial charge is 0.341 e. The molecule has 1 saturated heterocycles. The molecule has 3 rings (SSSR count). The van der Waals surface area contributed by atoms with Crippen molar-refractivity contribution in [2.75, 3.05) is 26.2 Å². The van der Waals surface area contributed by atoms with Crippen LogP contribution in [0.2, 0.25) is 0 Å². The van der Waals surface area contributed by atoms with Gasteiger partial charge in [0.2, 0.25) is 5.91 Å². The van der Waals surface area contributed by atoms with Crippen LogP contribution >= 0.6 is 0 Å². The van der Waals surface area contributed by atoms with Crippen LogP contribution in [0.3, 0.4) is 0 Å². The number of hydrogen-bond donors (Lipinski definition) is 1. The smallest absolute Gasteiger partial charge is 0.317 e. The average Bonchev–Trinajstić information content (AvgIpc) is 3.41. The molecule has 0 radical (unpaired) electrons. The number of amides is 3. The predicted octanol–water partition coefficient (Wildman–Crippen LogP) is 2.12. The molecule has 130 valence electrons. The van der Waals surface area contributed by atoms with Gasteiger partial charge in [-0.1, -0.05) is 0 Å². The lowest BCUT2D eigenvalue weighted by Crippen LogP contribution is -2.42. The molecule has 0 bridgehead atoms. The molecule has 2 fully saturated rings. The fourth-order valence-electron chi connectivity index (χ4n) is 2.89. The monoisotopic (exact) mass is 337 g/mol. The Morgan fingerprint density at radius 3 is 2.54 bits per heavy atom. The van der Waals surface area contributed by atoms with Crippen LogP contribution in [0.5, 0.6) is 0 Å². The quantitative estimate of drug-likeness (QED) is 0.919. The van der Waals surface area contributed by atoms with Gasteiger partial charge < -0.3 is 15.1 Å². The number of carbonyl (C=O) groups excluding carboxylic acids is 2. The van der Waals surface area contributed by atoms with E-state index in [1.165, 1.54) is 0 Å². The zero-order valence-electron chi connectivity index (χ0n) is 13.4. The van der Waals surface area contributed by atoms with Gasteiger partial charge >= 0.3 is 6.03 Å². The molecular formula is C17H21F2N3O2. The van der Waals surface area contributed by atoms with Crippen LogP contribution in [0, 0.1) is 17.6 Å². The first-order valence-electron chi connectivity index (χ1n) is 8.30. The Labute approximate surface area is 139 Å². The minimum absolute atomic E-state index is 0.0658. The van der Waals surface area contributed by atoms with Crippen molar-refractivity contribution in [1.29, 1.82) is 0 Å². The third-order valence-corrected chi connectivity index (χ3v) is 4.46. The van der Waals surface area contributed by atoms with Gasteiger partial charge in [-0.15, -0.1) is 0 Å². The van der Waals surface area contributed by atoms with Gasteiger partial charge in [0.05, 0.1) is 0 Å². The minimum Gasteiger partial charge on any atom is -0.341 e. The number of carbonyl (C=O) groups is 2. The van der Waals surface area contributed by atoms with E-state index in [1.54, 1.807) is 4.90 Å². The molecule has 5 nitrogen and oxygen atoms in total. The van der Waals surface area contributed by atoms with Crippen molar-refractivity contribution in [3.8, 4) is 0 Å². The molecule has 1 aliphatic carbocycles. The van der Waals surface area contributed by atoms with E-state index in [-0.39, 0.29) is 30.0 Å². The van der Waals surface area contributed by atoms with Crippen molar-refractivity contribution in [2.24, 2.45) is 5.92 Å². The molecule has 0 aromatic heterocycles. The van der Waals surface area contributed by atoms with Crippen LogP contribution in [0.25, 0.3) is 0 Å². The van der Waals surface area contributed by atoms with Crippen LogP contribution in [-0.4, -0.2) is 47.9 Å². The van der Waals surface area contributed by atoms with Crippen LogP contribution < -0.4 is 5.32 Å². The van der Waals surface area contributed by atoms with E-state index in [4.69, 9.17) is 0 Å². The molecule has 1 aromatic carbocycles. The van der Waals surface area contributed by atoms with E-state index in [2.05, 4.69) is 5.32 Å². The van der Waals surface area contributed by atoms with Gasteiger partial charge in [-0.25, -0.2) is 13.6 Å². The number of rotatable bonds is 3. The van der Waals surface area contributed by atoms with E-state index in [1.807, 2.05) is 4.90 Å². The van der Waals surface area contributed by atoms with Crippen LogP contribution in [0.1, 0.15) is 24.8 Å². The van der Waals surface area contributed by atoms with Gasteiger partial charge in [-0.2, -0.15) is 0 Å². The number of halogens is 2. The summed E-state index contributed by atoms with van der Waals surface area (Å²) in [5, 5.41) is 2.62. The summed E-state index contributed by atoms with van der Waals surface area (Å²) in [6.07, 6.45) is 2.66. The topological polar surface area (TPSA) is 52.7 Å². The minimum atomic E-state index is -0.547. The first-order valence-corrected chi connectivity index (χ1v) is 8.30. The van der Waals surface area contributed by atoms with E-state index in [9.17, 15) is 18.4 Å². The Morgan fingerprint density at radius 2 is 1.79 bits per heavy atom. The average molecular weight is 337 g/mol. The number of hydrogen-bond acceptors (Lipinski definition) is 2. The standard InChI is InChI=1S/C17H21F2N3O2/c18-14-4-5-15(19)13(10-14)11-20-17(24)22-7-1-6-21(8-9-22)16(23)12-2-3-12/h4-5,10,12H,1-3,6-9,11H2,(H,20,24). The Bertz CT molecular complexity index is 634. The van der Waals surface area contributed by atoms with Gasteiger partial charge in [0.15, 0.2) is 0 Å². The first-order chi connectivity index (χ1) is 11.5. The van der Waals surface area contributed by atoms with E-state index >= 15 is 0 Å². The molecule has 24 heavy (non-hydrogen) atoms. The molecule has 0 unspecified atom stereocenters. The molecule has 7 heteroatoms. The summed E-state index contributed by atoms with van der Waals surface area (Å²) in [5.41, 5.74) is 0.115. The summed E-state index contributed by atoms with van der Waals surface area (Å²) in [4.78, 5) is 27.8. The maximum Gasteiger partial charge on any atom is 0.317 e. The fraction of sp³-hybridized carbons (Fsp3) is 0.529. The predicted molar refractivity (Wildman–Crippen MR) is 84.1 cm³/mol. The van der Waals surface area contributed by atoms with Gasteiger partial charge in [-0.05, 0) is 37.5 Å². The van der Waals surface area contributed by atoms with Crippen molar-refractivity contribution in [1.82, 2.24) is 15.1 Å². The zero-order valence-corrected chi connectivity index (χ0v) is 13.4. The lowest BCUT2D eigenvalue weighted by molar-refractivity contribution is -0.132. The van der Waals surface area contributed by atoms with E-state index < -0.39 is 11.6 Å². The maximum atomic E-state index is 13.6. The Morgan fingerprint density at radius 1 is 1.08 bits per heavy atom. The Hall–Kier alpha value is -2.18. The molecule has 1 aliphatic heterocycles. The molecule has 3 amide bonds. The van der Waals surface area contributed by atoms with Crippen molar-refractivity contribution in [3.63, 3.8) is 0 Å². The second kappa shape index (κ2) is 7.15. The highest BCUT2D eigenvalue weighted by molar-refractivity contribution is 5.81. The zero-order chi connectivity index (χ0) is 17.1. The number of urea groups is 1. The van der Waals surface area contributed by atoms with Crippen LogP contribution in [-0.2, 0) is 11.3 Å². The van der Waals surface area contributed by atoms with Gasteiger partial charge in [0.25, 0.3) is 0 Å². The highest BCUT2D eigenvalue weighted by Gasteiger charge is 2.34. The summed E-state index contributed by atoms with van der Waals surface area (Å²) in [6.45, 7) is 2.13. The molecule has 2 aliphatic rings. The van der Waals surface area contributed by atoms with Gasteiger partial charge in [0.1, 0.15) is 11.6 Å². The molecule has 1 N–H and O–H groups in total. The normalized spacial score (nSPS) is 18.2. The summed E-state index contributed by atoms with van der Waals surface area (Å²) in [6, 6.07) is 2.85. The third kappa shape index (κ3) is 4.01. The van der Waals surface area contributed by atoms with Crippen molar-refractivity contribution < 1.29 is 18.4 Å². The van der Waals surface area contributed by atoms with Gasteiger partial charge in [0, 0.05) is 44.2 Å². The maximum absolute atomic E-state index is 13.6. The summed E-state index contributed by atoms with van der Waals surface area (Å²) >= 11 is 0. The lowest BCUT2D eigenvalue weighted by Gasteiger charge is -2.22. The molecule has 1 saturated carbocycles. The SMILES string of the molecule is O=C(NCc1cc(F)ccc1F)N1CCCN(C(=O)C2CC2)CC1. The number of benzene rings is 1. The van der Waals surface area contributed by atoms with E-state index in [0.717, 1.165) is 37.5 Å². The van der Waals surface area contributed by atoms with Crippen LogP contribution in [0.15, 0.2) is 18.2 Å². The van der Waals surface area contributed by atoms with E-state index in [0.29, 0.717) is 26.2 Å². The Kier molecular flexibility index (Phi) is 4.97. The summed E-state index contributed by atoms with van der Waals surface area (Å²) < 4.78 is 26.7. The second-order valence-electron chi connectivity index (χ2n) is 6.33. The fourth-order valence-corrected chi connectivity index (χ4v) is 2.89. The second-order valence-corrected chi connectivity index (χ2v) is 6.33. The summed E-state index contributed by atoms with van der Waals surface area (Å²) in [7, 11) is 0. The molecule has 1 heterocycles. The van der Waals surface area contributed by atoms with Crippen molar-refractivity contribution >= 4 is 11.9 Å². The molecular weight excluding hydrogens is 316 g/mol. The first kappa shape index (κ1) is 16.7. The number of nitrogens with zero attached hydrogens (tertiary/aromatic N) is 2. The lowest BCUT2D eigenvalue weighted by atomic mass is 10.2. The molecule has 0 spiro atoms. The highest BCUT2D eigenvalue weighted by atomic mass is 19.1. The van der Waals surface area contributed by atoms with Crippen LogP contribution in [0.4, 0.5) is 13.6 Å². The number of nitrogens with one attached hydrogen (secondary N) is 1. The van der Waals surface area contributed by atoms with Crippen molar-refractivity contribution in [2.45, 2.75) is 25.8 Å².